The number of fused-ring (bicyclic) bond motifs is 1. The number of aromatic nitrogens is 1. The molecule has 18 heavy (non-hydrogen) atoms. The summed E-state index contributed by atoms with van der Waals surface area (Å²) in [5, 5.41) is 12.6. The first kappa shape index (κ1) is 12.6. The molecule has 1 aromatic carbocycles. The van der Waals surface area contributed by atoms with Crippen LogP contribution in [0.3, 0.4) is 0 Å². The minimum Gasteiger partial charge on any atom is -0.394 e. The fourth-order valence-electron chi connectivity index (χ4n) is 1.95. The molecule has 1 atom stereocenters. The molecule has 0 aliphatic carbocycles. The number of hydrogen-bond donors (Lipinski definition) is 4. The second-order valence-corrected chi connectivity index (χ2v) is 4.28. The van der Waals surface area contributed by atoms with Gasteiger partial charge in [-0.15, -0.1) is 0 Å². The third-order valence-corrected chi connectivity index (χ3v) is 3.00. The number of H-pyrrole nitrogens is 1. The first-order valence-corrected chi connectivity index (χ1v) is 5.84. The second kappa shape index (κ2) is 5.20. The van der Waals surface area contributed by atoms with E-state index in [-0.39, 0.29) is 12.5 Å². The van der Waals surface area contributed by atoms with E-state index >= 15 is 0 Å². The topological polar surface area (TPSA) is 91.1 Å². The summed E-state index contributed by atoms with van der Waals surface area (Å²) < 4.78 is 0. The van der Waals surface area contributed by atoms with Crippen LogP contribution in [0.4, 0.5) is 0 Å². The minimum atomic E-state index is -0.865. The first-order chi connectivity index (χ1) is 8.63. The highest BCUT2D eigenvalue weighted by Gasteiger charge is 2.13. The predicted octanol–water partition coefficient (Wildman–Crippen LogP) is 0.412. The number of aryl methyl sites for hydroxylation is 1. The smallest absolute Gasteiger partial charge is 0.239 e. The van der Waals surface area contributed by atoms with Crippen LogP contribution in [0.2, 0.25) is 0 Å². The van der Waals surface area contributed by atoms with Crippen LogP contribution in [0.15, 0.2) is 24.3 Å². The fraction of sp³-hybridized carbons (Fsp3) is 0.308. The largest absolute Gasteiger partial charge is 0.394 e. The van der Waals surface area contributed by atoms with Gasteiger partial charge in [-0.3, -0.25) is 4.79 Å². The number of carbonyl (C=O) groups is 1. The maximum absolute atomic E-state index is 11.5. The summed E-state index contributed by atoms with van der Waals surface area (Å²) in [5.41, 5.74) is 8.55. The molecule has 0 saturated heterocycles. The zero-order chi connectivity index (χ0) is 13.1. The summed E-state index contributed by atoms with van der Waals surface area (Å²) in [6, 6.07) is 7.05. The van der Waals surface area contributed by atoms with Gasteiger partial charge in [0.25, 0.3) is 0 Å². The van der Waals surface area contributed by atoms with Gasteiger partial charge in [-0.05, 0) is 18.6 Å². The van der Waals surface area contributed by atoms with Crippen LogP contribution >= 0.6 is 0 Å². The van der Waals surface area contributed by atoms with Gasteiger partial charge < -0.3 is 21.1 Å². The molecule has 1 unspecified atom stereocenters. The average molecular weight is 247 g/mol. The van der Waals surface area contributed by atoms with E-state index in [1.807, 2.05) is 31.2 Å². The number of aromatic amines is 1. The molecule has 0 aliphatic rings. The van der Waals surface area contributed by atoms with Crippen molar-refractivity contribution in [1.82, 2.24) is 10.3 Å². The lowest BCUT2D eigenvalue weighted by Gasteiger charge is -2.09. The highest BCUT2D eigenvalue weighted by molar-refractivity contribution is 5.86. The Balaban J connectivity index is 2.17. The quantitative estimate of drug-likeness (QED) is 0.630. The number of nitrogens with one attached hydrogen (secondary N) is 2. The normalized spacial score (nSPS) is 12.6. The van der Waals surface area contributed by atoms with Gasteiger partial charge in [-0.2, -0.15) is 0 Å². The highest BCUT2D eigenvalue weighted by Crippen LogP contribution is 2.21. The Kier molecular flexibility index (Phi) is 3.64. The predicted molar refractivity (Wildman–Crippen MR) is 69.9 cm³/mol. The Labute approximate surface area is 105 Å². The molecule has 0 spiro atoms. The van der Waals surface area contributed by atoms with E-state index in [4.69, 9.17) is 10.8 Å². The van der Waals surface area contributed by atoms with E-state index in [9.17, 15) is 4.79 Å². The van der Waals surface area contributed by atoms with Crippen molar-refractivity contribution in [3.8, 4) is 0 Å². The Morgan fingerprint density at radius 2 is 2.22 bits per heavy atom. The molecule has 0 fully saturated rings. The number of amides is 1. The molecule has 0 bridgehead atoms. The van der Waals surface area contributed by atoms with Crippen molar-refractivity contribution in [2.24, 2.45) is 5.73 Å². The van der Waals surface area contributed by atoms with Crippen LogP contribution in [0.1, 0.15) is 11.3 Å². The van der Waals surface area contributed by atoms with Crippen LogP contribution < -0.4 is 11.1 Å². The van der Waals surface area contributed by atoms with Crippen molar-refractivity contribution in [3.05, 3.63) is 35.5 Å². The molecule has 0 aliphatic heterocycles. The number of rotatable bonds is 4. The van der Waals surface area contributed by atoms with E-state index in [1.165, 1.54) is 0 Å². The van der Waals surface area contributed by atoms with E-state index in [0.29, 0.717) is 6.54 Å². The maximum Gasteiger partial charge on any atom is 0.239 e. The summed E-state index contributed by atoms with van der Waals surface area (Å²) in [6.07, 6.45) is 0. The first-order valence-electron chi connectivity index (χ1n) is 5.84. The van der Waals surface area contributed by atoms with Gasteiger partial charge >= 0.3 is 0 Å². The van der Waals surface area contributed by atoms with Gasteiger partial charge in [-0.1, -0.05) is 18.2 Å². The molecule has 5 heteroatoms. The molecule has 0 radical (unpaired) electrons. The van der Waals surface area contributed by atoms with Crippen molar-refractivity contribution in [2.45, 2.75) is 19.5 Å². The van der Waals surface area contributed by atoms with E-state index in [0.717, 1.165) is 22.2 Å². The van der Waals surface area contributed by atoms with E-state index in [1.54, 1.807) is 0 Å². The number of para-hydroxylation sites is 1. The van der Waals surface area contributed by atoms with Crippen molar-refractivity contribution in [1.29, 1.82) is 0 Å². The minimum absolute atomic E-state index is 0.345. The molecule has 0 saturated carbocycles. The van der Waals surface area contributed by atoms with Crippen LogP contribution in [0.25, 0.3) is 10.9 Å². The average Bonchev–Trinajstić information content (AvgIpc) is 2.70. The van der Waals surface area contributed by atoms with Crippen LogP contribution in [0.5, 0.6) is 0 Å². The van der Waals surface area contributed by atoms with Gasteiger partial charge in [0.05, 0.1) is 6.61 Å². The summed E-state index contributed by atoms with van der Waals surface area (Å²) in [6.45, 7) is 2.02. The molecule has 5 nitrogen and oxygen atoms in total. The lowest BCUT2D eigenvalue weighted by Crippen LogP contribution is -2.42. The summed E-state index contributed by atoms with van der Waals surface area (Å²) in [5.74, 6) is -0.345. The SMILES string of the molecule is Cc1[nH]c2ccccc2c1CNC(=O)C(N)CO. The molecule has 1 aromatic heterocycles. The van der Waals surface area contributed by atoms with E-state index < -0.39 is 6.04 Å². The third-order valence-electron chi connectivity index (χ3n) is 3.00. The molecule has 96 valence electrons. The molecule has 1 heterocycles. The molecular weight excluding hydrogens is 230 g/mol. The Hall–Kier alpha value is -1.85. The summed E-state index contributed by atoms with van der Waals surface area (Å²) in [7, 11) is 0. The summed E-state index contributed by atoms with van der Waals surface area (Å²) >= 11 is 0. The van der Waals surface area contributed by atoms with Crippen molar-refractivity contribution < 1.29 is 9.90 Å². The van der Waals surface area contributed by atoms with Gasteiger partial charge in [0, 0.05) is 23.1 Å². The zero-order valence-electron chi connectivity index (χ0n) is 10.2. The van der Waals surface area contributed by atoms with Crippen molar-refractivity contribution in [2.75, 3.05) is 6.61 Å². The van der Waals surface area contributed by atoms with Crippen LogP contribution in [-0.2, 0) is 11.3 Å². The Morgan fingerprint density at radius 1 is 1.50 bits per heavy atom. The fourth-order valence-corrected chi connectivity index (χ4v) is 1.95. The molecular formula is C13H17N3O2. The molecule has 1 amide bonds. The number of benzene rings is 1. The lowest BCUT2D eigenvalue weighted by molar-refractivity contribution is -0.123. The van der Waals surface area contributed by atoms with Gasteiger partial charge in [0.15, 0.2) is 0 Å². The summed E-state index contributed by atoms with van der Waals surface area (Å²) in [4.78, 5) is 14.8. The third kappa shape index (κ3) is 2.37. The molecule has 5 N–H and O–H groups in total. The van der Waals surface area contributed by atoms with Gasteiger partial charge in [-0.25, -0.2) is 0 Å². The van der Waals surface area contributed by atoms with E-state index in [2.05, 4.69) is 10.3 Å². The lowest BCUT2D eigenvalue weighted by atomic mass is 10.1. The Morgan fingerprint density at radius 3 is 2.94 bits per heavy atom. The molecule has 2 rings (SSSR count). The highest BCUT2D eigenvalue weighted by atomic mass is 16.3. The van der Waals surface area contributed by atoms with Crippen LogP contribution in [0, 0.1) is 6.92 Å². The monoisotopic (exact) mass is 247 g/mol. The Bertz CT molecular complexity index is 562. The number of nitrogens with two attached hydrogens (primary N) is 1. The van der Waals surface area contributed by atoms with Gasteiger partial charge in [0.1, 0.15) is 6.04 Å². The number of aliphatic hydroxyl groups is 1. The number of aliphatic hydroxyl groups excluding tert-OH is 1. The second-order valence-electron chi connectivity index (χ2n) is 4.28. The number of carbonyl (C=O) groups excluding carboxylic acids is 1. The number of hydrogen-bond acceptors (Lipinski definition) is 3. The standard InChI is InChI=1S/C13H17N3O2/c1-8-10(6-15-13(18)11(14)7-17)9-4-2-3-5-12(9)16-8/h2-5,11,16-17H,6-7,14H2,1H3,(H,15,18). The zero-order valence-corrected chi connectivity index (χ0v) is 10.2. The molecule has 2 aromatic rings. The van der Waals surface area contributed by atoms with Crippen molar-refractivity contribution >= 4 is 16.8 Å². The maximum atomic E-state index is 11.5. The van der Waals surface area contributed by atoms with Gasteiger partial charge in [0.2, 0.25) is 5.91 Å². The van der Waals surface area contributed by atoms with Crippen molar-refractivity contribution in [3.63, 3.8) is 0 Å². The van der Waals surface area contributed by atoms with Crippen LogP contribution in [-0.4, -0.2) is 28.6 Å².